The molecule has 0 aliphatic heterocycles. The fourth-order valence-corrected chi connectivity index (χ4v) is 3.33. The molecule has 8 heteroatoms. The van der Waals surface area contributed by atoms with E-state index in [4.69, 9.17) is 0 Å². The van der Waals surface area contributed by atoms with Gasteiger partial charge in [0.2, 0.25) is 0 Å². The van der Waals surface area contributed by atoms with Gasteiger partial charge in [0.25, 0.3) is 5.91 Å². The summed E-state index contributed by atoms with van der Waals surface area (Å²) in [5, 5.41) is 21.0. The molecule has 2 aromatic carbocycles. The predicted molar refractivity (Wildman–Crippen MR) is 108 cm³/mol. The van der Waals surface area contributed by atoms with Crippen molar-refractivity contribution in [3.63, 3.8) is 0 Å². The van der Waals surface area contributed by atoms with E-state index in [9.17, 15) is 4.79 Å². The van der Waals surface area contributed by atoms with Crippen LogP contribution >= 0.6 is 0 Å². The van der Waals surface area contributed by atoms with Gasteiger partial charge in [0, 0.05) is 18.0 Å². The van der Waals surface area contributed by atoms with Gasteiger partial charge in [-0.3, -0.25) is 9.48 Å². The zero-order valence-electron chi connectivity index (χ0n) is 15.6. The van der Waals surface area contributed by atoms with Gasteiger partial charge in [-0.05, 0) is 18.2 Å². The lowest BCUT2D eigenvalue weighted by molar-refractivity contribution is 0.0945. The molecular weight excluding hydrogens is 366 g/mol. The molecule has 1 N–H and O–H groups in total. The van der Waals surface area contributed by atoms with E-state index in [2.05, 4.69) is 25.7 Å². The third-order valence-electron chi connectivity index (χ3n) is 4.78. The Hall–Kier alpha value is -4.07. The van der Waals surface area contributed by atoms with Crippen LogP contribution < -0.4 is 5.32 Å². The molecule has 3 heterocycles. The Labute approximate surface area is 165 Å². The van der Waals surface area contributed by atoms with Crippen molar-refractivity contribution in [3.8, 4) is 11.3 Å². The van der Waals surface area contributed by atoms with Gasteiger partial charge in [0.05, 0.1) is 17.8 Å². The van der Waals surface area contributed by atoms with E-state index < -0.39 is 0 Å². The van der Waals surface area contributed by atoms with E-state index in [0.717, 1.165) is 22.2 Å². The number of nitrogens with one attached hydrogen (secondary N) is 1. The van der Waals surface area contributed by atoms with Crippen LogP contribution in [0.15, 0.2) is 66.7 Å². The number of aryl methyl sites for hydroxylation is 1. The predicted octanol–water partition coefficient (Wildman–Crippen LogP) is 2.61. The monoisotopic (exact) mass is 383 g/mol. The molecule has 0 aliphatic rings. The van der Waals surface area contributed by atoms with Crippen molar-refractivity contribution in [1.82, 2.24) is 34.9 Å². The summed E-state index contributed by atoms with van der Waals surface area (Å²) in [6, 6.07) is 21.3. The van der Waals surface area contributed by atoms with Crippen molar-refractivity contribution in [3.05, 3.63) is 78.2 Å². The van der Waals surface area contributed by atoms with Crippen molar-refractivity contribution in [2.24, 2.45) is 7.05 Å². The largest absolute Gasteiger partial charge is 0.343 e. The minimum Gasteiger partial charge on any atom is -0.343 e. The van der Waals surface area contributed by atoms with E-state index in [1.54, 1.807) is 9.20 Å². The number of rotatable bonds is 4. The summed E-state index contributed by atoms with van der Waals surface area (Å²) in [5.41, 5.74) is 3.71. The first-order valence-electron chi connectivity index (χ1n) is 9.17. The van der Waals surface area contributed by atoms with Crippen LogP contribution in [0.25, 0.3) is 27.8 Å². The van der Waals surface area contributed by atoms with Gasteiger partial charge in [-0.1, -0.05) is 48.5 Å². The molecule has 0 saturated heterocycles. The van der Waals surface area contributed by atoms with Gasteiger partial charge < -0.3 is 5.32 Å². The zero-order valence-corrected chi connectivity index (χ0v) is 15.6. The van der Waals surface area contributed by atoms with Gasteiger partial charge in [-0.2, -0.15) is 14.7 Å². The maximum atomic E-state index is 12.7. The van der Waals surface area contributed by atoms with Crippen LogP contribution in [0.1, 0.15) is 16.3 Å². The number of hydrogen-bond donors (Lipinski definition) is 1. The molecule has 0 radical (unpaired) electrons. The molecule has 5 aromatic rings. The molecule has 3 aromatic heterocycles. The van der Waals surface area contributed by atoms with Crippen molar-refractivity contribution in [1.29, 1.82) is 0 Å². The molecule has 1 amide bonds. The third-order valence-corrected chi connectivity index (χ3v) is 4.78. The second-order valence-electron chi connectivity index (χ2n) is 6.64. The Morgan fingerprint density at radius 2 is 1.72 bits per heavy atom. The first-order chi connectivity index (χ1) is 14.2. The summed E-state index contributed by atoms with van der Waals surface area (Å²) in [6.45, 7) is 0.191. The lowest BCUT2D eigenvalue weighted by Gasteiger charge is -2.04. The summed E-state index contributed by atoms with van der Waals surface area (Å²) < 4.78 is 3.35. The van der Waals surface area contributed by atoms with E-state index >= 15 is 0 Å². The van der Waals surface area contributed by atoms with Gasteiger partial charge >= 0.3 is 0 Å². The average molecular weight is 383 g/mol. The highest BCUT2D eigenvalue weighted by atomic mass is 16.2. The number of benzene rings is 2. The van der Waals surface area contributed by atoms with Crippen LogP contribution in [0.4, 0.5) is 0 Å². The van der Waals surface area contributed by atoms with Crippen LogP contribution in [0.5, 0.6) is 0 Å². The Morgan fingerprint density at radius 3 is 2.59 bits per heavy atom. The SMILES string of the molecule is Cn1nc(C(=O)NCc2nnc3ccc(-c4ccccc4)nn23)c2ccccc21. The standard InChI is InChI=1S/C21H17N7O/c1-27-17-10-6-5-9-15(17)20(26-27)21(29)22-13-19-24-23-18-12-11-16(25-28(18)19)14-7-3-2-4-8-14/h2-12H,13H2,1H3,(H,22,29). The van der Waals surface area contributed by atoms with Crippen LogP contribution in [0.3, 0.4) is 0 Å². The lowest BCUT2D eigenvalue weighted by Crippen LogP contribution is -2.25. The minimum absolute atomic E-state index is 0.191. The first-order valence-corrected chi connectivity index (χ1v) is 9.17. The fourth-order valence-electron chi connectivity index (χ4n) is 3.33. The quantitative estimate of drug-likeness (QED) is 0.515. The van der Waals surface area contributed by atoms with E-state index in [-0.39, 0.29) is 12.5 Å². The fraction of sp³-hybridized carbons (Fsp3) is 0.0952. The lowest BCUT2D eigenvalue weighted by atomic mass is 10.1. The van der Waals surface area contributed by atoms with E-state index in [1.165, 1.54) is 0 Å². The zero-order chi connectivity index (χ0) is 19.8. The number of nitrogens with zero attached hydrogens (tertiary/aromatic N) is 6. The number of para-hydroxylation sites is 1. The van der Waals surface area contributed by atoms with Crippen molar-refractivity contribution < 1.29 is 4.79 Å². The Morgan fingerprint density at radius 1 is 0.931 bits per heavy atom. The van der Waals surface area contributed by atoms with Crippen molar-refractivity contribution in [2.45, 2.75) is 6.54 Å². The van der Waals surface area contributed by atoms with Crippen molar-refractivity contribution in [2.75, 3.05) is 0 Å². The molecule has 0 unspecified atom stereocenters. The van der Waals surface area contributed by atoms with Gasteiger partial charge in [-0.15, -0.1) is 10.2 Å². The second kappa shape index (κ2) is 6.83. The molecule has 0 bridgehead atoms. The maximum Gasteiger partial charge on any atom is 0.272 e. The number of carbonyl (C=O) groups is 1. The molecule has 5 rings (SSSR count). The van der Waals surface area contributed by atoms with Crippen LogP contribution in [0.2, 0.25) is 0 Å². The number of aromatic nitrogens is 6. The Kier molecular flexibility index (Phi) is 4.02. The van der Waals surface area contributed by atoms with Gasteiger partial charge in [0.15, 0.2) is 17.2 Å². The van der Waals surface area contributed by atoms with Crippen molar-refractivity contribution >= 4 is 22.5 Å². The molecule has 29 heavy (non-hydrogen) atoms. The topological polar surface area (TPSA) is 90.0 Å². The minimum atomic E-state index is -0.266. The van der Waals surface area contributed by atoms with Crippen LogP contribution in [0, 0.1) is 0 Å². The highest BCUT2D eigenvalue weighted by Crippen LogP contribution is 2.18. The normalized spacial score (nSPS) is 11.2. The molecule has 0 aliphatic carbocycles. The average Bonchev–Trinajstić information content (AvgIpc) is 3.33. The smallest absolute Gasteiger partial charge is 0.272 e. The molecule has 0 spiro atoms. The maximum absolute atomic E-state index is 12.7. The summed E-state index contributed by atoms with van der Waals surface area (Å²) in [4.78, 5) is 12.7. The Balaban J connectivity index is 1.42. The molecule has 0 fully saturated rings. The van der Waals surface area contributed by atoms with Crippen LogP contribution in [-0.4, -0.2) is 35.5 Å². The van der Waals surface area contributed by atoms with Crippen LogP contribution in [-0.2, 0) is 13.6 Å². The number of hydrogen-bond acceptors (Lipinski definition) is 5. The summed E-state index contributed by atoms with van der Waals surface area (Å²) in [5.74, 6) is 0.282. The first kappa shape index (κ1) is 17.1. The third kappa shape index (κ3) is 3.00. The van der Waals surface area contributed by atoms with Gasteiger partial charge in [0.1, 0.15) is 0 Å². The summed E-state index contributed by atoms with van der Waals surface area (Å²) in [7, 11) is 1.82. The molecular formula is C21H17N7O. The van der Waals surface area contributed by atoms with Gasteiger partial charge in [-0.25, -0.2) is 0 Å². The molecule has 0 saturated carbocycles. The summed E-state index contributed by atoms with van der Waals surface area (Å²) >= 11 is 0. The number of carbonyl (C=O) groups excluding carboxylic acids is 1. The molecule has 0 atom stereocenters. The Bertz CT molecular complexity index is 1340. The summed E-state index contributed by atoms with van der Waals surface area (Å²) in [6.07, 6.45) is 0. The van der Waals surface area contributed by atoms with E-state index in [1.807, 2.05) is 73.8 Å². The number of fused-ring (bicyclic) bond motifs is 2. The molecule has 142 valence electrons. The van der Waals surface area contributed by atoms with E-state index in [0.29, 0.717) is 17.2 Å². The molecule has 8 nitrogen and oxygen atoms in total. The highest BCUT2D eigenvalue weighted by molar-refractivity contribution is 6.04. The highest BCUT2D eigenvalue weighted by Gasteiger charge is 2.17. The second-order valence-corrected chi connectivity index (χ2v) is 6.64. The number of amides is 1.